The number of fused-ring (bicyclic) bond motifs is 1. The molecule has 4 rings (SSSR count). The van der Waals surface area contributed by atoms with Gasteiger partial charge in [0, 0.05) is 35.9 Å². The number of piperidine rings is 1. The van der Waals surface area contributed by atoms with E-state index in [0.717, 1.165) is 48.0 Å². The van der Waals surface area contributed by atoms with Crippen molar-refractivity contribution in [3.63, 3.8) is 0 Å². The lowest BCUT2D eigenvalue weighted by molar-refractivity contribution is 0.0564. The maximum Gasteiger partial charge on any atom is 0.271 e. The molecule has 0 unspecified atom stereocenters. The van der Waals surface area contributed by atoms with E-state index in [4.69, 9.17) is 0 Å². The van der Waals surface area contributed by atoms with E-state index >= 15 is 0 Å². The fourth-order valence-electron chi connectivity index (χ4n) is 4.01. The fraction of sp³-hybridized carbons (Fsp3) is 0.364. The molecule has 1 saturated heterocycles. The van der Waals surface area contributed by atoms with E-state index in [9.17, 15) is 9.18 Å². The molecule has 0 spiro atoms. The number of H-pyrrole nitrogens is 1. The van der Waals surface area contributed by atoms with Gasteiger partial charge in [0.25, 0.3) is 5.91 Å². The monoisotopic (exact) mass is 380 g/mol. The summed E-state index contributed by atoms with van der Waals surface area (Å²) in [5.41, 5.74) is 3.19. The molecule has 1 fully saturated rings. The molecule has 6 heteroatoms. The van der Waals surface area contributed by atoms with E-state index in [1.807, 2.05) is 24.0 Å². The second-order valence-corrected chi connectivity index (χ2v) is 7.64. The molecular weight excluding hydrogens is 355 g/mol. The van der Waals surface area contributed by atoms with Crippen molar-refractivity contribution < 1.29 is 9.18 Å². The van der Waals surface area contributed by atoms with E-state index in [-0.39, 0.29) is 17.8 Å². The number of likely N-dealkylation sites (tertiary alicyclic amines) is 1. The molecular formula is C22H25FN4O. The number of carbonyl (C=O) groups is 1. The number of nitrogens with zero attached hydrogens (tertiary/aromatic N) is 3. The van der Waals surface area contributed by atoms with Gasteiger partial charge in [0.15, 0.2) is 0 Å². The molecule has 2 aromatic heterocycles. The maximum atomic E-state index is 13.7. The molecule has 0 saturated carbocycles. The van der Waals surface area contributed by atoms with Gasteiger partial charge >= 0.3 is 0 Å². The minimum absolute atomic E-state index is 0.0273. The smallest absolute Gasteiger partial charge is 0.271 e. The van der Waals surface area contributed by atoms with Crippen LogP contribution in [0.15, 0.2) is 42.7 Å². The number of carbonyl (C=O) groups excluding carboxylic acids is 1. The van der Waals surface area contributed by atoms with Crippen LogP contribution >= 0.6 is 0 Å². The molecule has 1 aliphatic rings. The average Bonchev–Trinajstić information content (AvgIpc) is 3.03. The summed E-state index contributed by atoms with van der Waals surface area (Å²) in [5, 5.41) is 0.760. The van der Waals surface area contributed by atoms with Crippen LogP contribution in [0.4, 0.5) is 4.39 Å². The number of aryl methyl sites for hydroxylation is 1. The molecule has 1 N–H and O–H groups in total. The molecule has 1 amide bonds. The Morgan fingerprint density at radius 2 is 1.96 bits per heavy atom. The number of benzene rings is 1. The van der Waals surface area contributed by atoms with Gasteiger partial charge in [0.05, 0.1) is 0 Å². The maximum absolute atomic E-state index is 13.7. The zero-order chi connectivity index (χ0) is 19.7. The quantitative estimate of drug-likeness (QED) is 0.750. The summed E-state index contributed by atoms with van der Waals surface area (Å²) in [7, 11) is 2.11. The van der Waals surface area contributed by atoms with Crippen molar-refractivity contribution in [2.24, 2.45) is 0 Å². The van der Waals surface area contributed by atoms with Gasteiger partial charge in [-0.05, 0) is 81.4 Å². The van der Waals surface area contributed by atoms with Crippen molar-refractivity contribution in [3.8, 4) is 0 Å². The van der Waals surface area contributed by atoms with Gasteiger partial charge in [-0.25, -0.2) is 4.39 Å². The number of amides is 1. The van der Waals surface area contributed by atoms with Gasteiger partial charge in [-0.15, -0.1) is 0 Å². The largest absolute Gasteiger partial charge is 0.350 e. The van der Waals surface area contributed by atoms with Crippen LogP contribution < -0.4 is 0 Å². The molecule has 5 nitrogen and oxygen atoms in total. The van der Waals surface area contributed by atoms with Crippen molar-refractivity contribution >= 4 is 16.8 Å². The topological polar surface area (TPSA) is 52.2 Å². The van der Waals surface area contributed by atoms with E-state index in [1.54, 1.807) is 18.5 Å². The molecule has 0 aliphatic carbocycles. The SMILES string of the molecule is Cc1c(C(=O)N(Cc2ccncc2)C2CCN(C)CC2)[nH]c2ccc(F)cc12. The molecule has 3 aromatic rings. The lowest BCUT2D eigenvalue weighted by Gasteiger charge is -2.37. The molecule has 1 aliphatic heterocycles. The Labute approximate surface area is 164 Å². The number of rotatable bonds is 4. The minimum Gasteiger partial charge on any atom is -0.350 e. The zero-order valence-corrected chi connectivity index (χ0v) is 16.3. The summed E-state index contributed by atoms with van der Waals surface area (Å²) in [6.45, 7) is 4.37. The summed E-state index contributed by atoms with van der Waals surface area (Å²) in [6.07, 6.45) is 5.40. The first-order valence-electron chi connectivity index (χ1n) is 9.69. The van der Waals surface area contributed by atoms with E-state index in [2.05, 4.69) is 21.9 Å². The van der Waals surface area contributed by atoms with Crippen molar-refractivity contribution in [2.45, 2.75) is 32.4 Å². The minimum atomic E-state index is -0.294. The molecule has 0 radical (unpaired) electrons. The highest BCUT2D eigenvalue weighted by molar-refractivity contribution is 6.01. The Kier molecular flexibility index (Phi) is 5.13. The zero-order valence-electron chi connectivity index (χ0n) is 16.3. The number of hydrogen-bond acceptors (Lipinski definition) is 3. The molecule has 0 atom stereocenters. The van der Waals surface area contributed by atoms with Crippen molar-refractivity contribution in [3.05, 3.63) is 65.4 Å². The first-order chi connectivity index (χ1) is 13.5. The lowest BCUT2D eigenvalue weighted by Crippen LogP contribution is -2.46. The normalized spacial score (nSPS) is 15.8. The first kappa shape index (κ1) is 18.6. The van der Waals surface area contributed by atoms with Gasteiger partial charge in [-0.2, -0.15) is 0 Å². The third-order valence-corrected chi connectivity index (χ3v) is 5.73. The fourth-order valence-corrected chi connectivity index (χ4v) is 4.01. The standard InChI is InChI=1S/C22H25FN4O/c1-15-19-13-17(23)3-4-20(19)25-21(15)22(28)27(14-16-5-9-24-10-6-16)18-7-11-26(2)12-8-18/h3-6,9-10,13,18,25H,7-8,11-12,14H2,1-2H3. The number of hydrogen-bond donors (Lipinski definition) is 1. The molecule has 1 aromatic carbocycles. The molecule has 28 heavy (non-hydrogen) atoms. The predicted molar refractivity (Wildman–Crippen MR) is 108 cm³/mol. The average molecular weight is 380 g/mol. The van der Waals surface area contributed by atoms with Crippen LogP contribution in [0.25, 0.3) is 10.9 Å². The van der Waals surface area contributed by atoms with Crippen LogP contribution in [0, 0.1) is 12.7 Å². The van der Waals surface area contributed by atoms with Crippen LogP contribution in [0.1, 0.15) is 34.5 Å². The van der Waals surface area contributed by atoms with Crippen LogP contribution in [0.5, 0.6) is 0 Å². The second-order valence-electron chi connectivity index (χ2n) is 7.64. The van der Waals surface area contributed by atoms with Gasteiger partial charge in [0.1, 0.15) is 11.5 Å². The summed E-state index contributed by atoms with van der Waals surface area (Å²) in [5.74, 6) is -0.321. The highest BCUT2D eigenvalue weighted by Crippen LogP contribution is 2.26. The summed E-state index contributed by atoms with van der Waals surface area (Å²) < 4.78 is 13.7. The van der Waals surface area contributed by atoms with Crippen LogP contribution in [0.3, 0.4) is 0 Å². The Bertz CT molecular complexity index is 977. The van der Waals surface area contributed by atoms with Gasteiger partial charge in [-0.1, -0.05) is 0 Å². The van der Waals surface area contributed by atoms with Crippen LogP contribution in [-0.2, 0) is 6.54 Å². The number of nitrogens with one attached hydrogen (secondary N) is 1. The molecule has 146 valence electrons. The summed E-state index contributed by atoms with van der Waals surface area (Å²) in [6, 6.07) is 8.67. The highest BCUT2D eigenvalue weighted by atomic mass is 19.1. The number of aromatic amines is 1. The number of aromatic nitrogens is 2. The van der Waals surface area contributed by atoms with Crippen molar-refractivity contribution in [2.75, 3.05) is 20.1 Å². The number of pyridine rings is 1. The summed E-state index contributed by atoms with van der Waals surface area (Å²) in [4.78, 5) is 25.1. The molecule has 3 heterocycles. The Hall–Kier alpha value is -2.73. The van der Waals surface area contributed by atoms with Gasteiger partial charge < -0.3 is 14.8 Å². The van der Waals surface area contributed by atoms with E-state index < -0.39 is 0 Å². The first-order valence-corrected chi connectivity index (χ1v) is 9.69. The number of halogens is 1. The van der Waals surface area contributed by atoms with Crippen LogP contribution in [0.2, 0.25) is 0 Å². The second kappa shape index (κ2) is 7.72. The van der Waals surface area contributed by atoms with Crippen LogP contribution in [-0.4, -0.2) is 51.9 Å². The van der Waals surface area contributed by atoms with Crippen molar-refractivity contribution in [1.29, 1.82) is 0 Å². The third-order valence-electron chi connectivity index (χ3n) is 5.73. The van der Waals surface area contributed by atoms with E-state index in [0.29, 0.717) is 12.2 Å². The Morgan fingerprint density at radius 1 is 1.25 bits per heavy atom. The molecule has 0 bridgehead atoms. The van der Waals surface area contributed by atoms with Gasteiger partial charge in [-0.3, -0.25) is 9.78 Å². The third kappa shape index (κ3) is 3.64. The van der Waals surface area contributed by atoms with E-state index in [1.165, 1.54) is 12.1 Å². The summed E-state index contributed by atoms with van der Waals surface area (Å²) >= 11 is 0. The Morgan fingerprint density at radius 3 is 2.68 bits per heavy atom. The highest BCUT2D eigenvalue weighted by Gasteiger charge is 2.29. The predicted octanol–water partition coefficient (Wildman–Crippen LogP) is 3.75. The van der Waals surface area contributed by atoms with Gasteiger partial charge in [0.2, 0.25) is 0 Å². The lowest BCUT2D eigenvalue weighted by atomic mass is 10.0. The van der Waals surface area contributed by atoms with Crippen molar-refractivity contribution in [1.82, 2.24) is 19.8 Å². The Balaban J connectivity index is 1.69.